The number of piperidine rings is 1. The molecule has 2 N–H and O–H groups in total. The van der Waals surface area contributed by atoms with E-state index in [-0.39, 0.29) is 37.2 Å². The van der Waals surface area contributed by atoms with Gasteiger partial charge in [-0.2, -0.15) is 13.2 Å². The summed E-state index contributed by atoms with van der Waals surface area (Å²) in [4.78, 5) is 13.3. The van der Waals surface area contributed by atoms with E-state index in [9.17, 15) is 22.4 Å². The maximum Gasteiger partial charge on any atom is 0.391 e. The van der Waals surface area contributed by atoms with E-state index in [0.29, 0.717) is 0 Å². The lowest BCUT2D eigenvalue weighted by molar-refractivity contribution is -0.183. The number of hydrogen-bond acceptors (Lipinski definition) is 2. The predicted molar refractivity (Wildman–Crippen MR) is 65.5 cm³/mol. The van der Waals surface area contributed by atoms with E-state index in [0.717, 1.165) is 6.07 Å². The number of benzene rings is 1. The highest BCUT2D eigenvalue weighted by molar-refractivity contribution is 5.94. The monoisotopic (exact) mass is 290 g/mol. The SMILES string of the molecule is Nc1ccc(C(=O)N2CCC(C(F)(F)F)CC2)c(F)c1. The van der Waals surface area contributed by atoms with Gasteiger partial charge in [0.25, 0.3) is 5.91 Å². The van der Waals surface area contributed by atoms with E-state index in [4.69, 9.17) is 5.73 Å². The summed E-state index contributed by atoms with van der Waals surface area (Å²) < 4.78 is 51.2. The predicted octanol–water partition coefficient (Wildman–Crippen LogP) is 2.82. The number of amides is 1. The third kappa shape index (κ3) is 3.02. The van der Waals surface area contributed by atoms with Crippen molar-refractivity contribution in [1.82, 2.24) is 4.90 Å². The van der Waals surface area contributed by atoms with Gasteiger partial charge in [-0.15, -0.1) is 0 Å². The van der Waals surface area contributed by atoms with Crippen LogP contribution in [0.3, 0.4) is 0 Å². The summed E-state index contributed by atoms with van der Waals surface area (Å²) in [6.07, 6.45) is -4.53. The Labute approximate surface area is 113 Å². The standard InChI is InChI=1S/C13H14F4N2O/c14-11-7-9(18)1-2-10(11)12(20)19-5-3-8(4-6-19)13(15,16)17/h1-2,7-8H,3-6,18H2. The average Bonchev–Trinajstić information content (AvgIpc) is 2.37. The van der Waals surface area contributed by atoms with Crippen LogP contribution in [0.1, 0.15) is 23.2 Å². The number of nitrogens with zero attached hydrogens (tertiary/aromatic N) is 1. The van der Waals surface area contributed by atoms with Gasteiger partial charge in [0, 0.05) is 18.8 Å². The van der Waals surface area contributed by atoms with Gasteiger partial charge in [-0.1, -0.05) is 0 Å². The van der Waals surface area contributed by atoms with Crippen molar-refractivity contribution in [3.05, 3.63) is 29.6 Å². The summed E-state index contributed by atoms with van der Waals surface area (Å²) in [7, 11) is 0. The Hall–Kier alpha value is -1.79. The molecule has 0 aliphatic carbocycles. The Kier molecular flexibility index (Phi) is 3.87. The van der Waals surface area contributed by atoms with E-state index in [1.807, 2.05) is 0 Å². The fourth-order valence-electron chi connectivity index (χ4n) is 2.29. The van der Waals surface area contributed by atoms with Gasteiger partial charge in [0.2, 0.25) is 0 Å². The molecule has 1 amide bonds. The van der Waals surface area contributed by atoms with Crippen LogP contribution in [-0.2, 0) is 0 Å². The van der Waals surface area contributed by atoms with Gasteiger partial charge >= 0.3 is 6.18 Å². The van der Waals surface area contributed by atoms with E-state index in [2.05, 4.69) is 0 Å². The summed E-state index contributed by atoms with van der Waals surface area (Å²) in [5.74, 6) is -2.74. The molecule has 0 atom stereocenters. The Morgan fingerprint density at radius 3 is 2.35 bits per heavy atom. The number of anilines is 1. The molecular formula is C13H14F4N2O. The third-order valence-corrected chi connectivity index (χ3v) is 3.47. The number of rotatable bonds is 1. The Bertz CT molecular complexity index is 508. The van der Waals surface area contributed by atoms with E-state index in [1.54, 1.807) is 0 Å². The molecule has 0 spiro atoms. The van der Waals surface area contributed by atoms with Crippen LogP contribution in [0, 0.1) is 11.7 Å². The van der Waals surface area contributed by atoms with Crippen molar-refractivity contribution in [1.29, 1.82) is 0 Å². The number of nitrogen functional groups attached to an aromatic ring is 1. The number of carbonyl (C=O) groups excluding carboxylic acids is 1. The van der Waals surface area contributed by atoms with Crippen LogP contribution in [-0.4, -0.2) is 30.1 Å². The molecule has 1 aromatic rings. The Balaban J connectivity index is 2.05. The second kappa shape index (κ2) is 5.30. The first-order valence-electron chi connectivity index (χ1n) is 6.20. The van der Waals surface area contributed by atoms with Crippen molar-refractivity contribution in [2.75, 3.05) is 18.8 Å². The lowest BCUT2D eigenvalue weighted by Crippen LogP contribution is -2.42. The van der Waals surface area contributed by atoms with Crippen molar-refractivity contribution in [3.63, 3.8) is 0 Å². The third-order valence-electron chi connectivity index (χ3n) is 3.47. The lowest BCUT2D eigenvalue weighted by Gasteiger charge is -2.33. The summed E-state index contributed by atoms with van der Waals surface area (Å²) in [5, 5.41) is 0. The minimum Gasteiger partial charge on any atom is -0.399 e. The normalized spacial score (nSPS) is 17.3. The molecule has 7 heteroatoms. The number of nitrogens with two attached hydrogens (primary N) is 1. The highest BCUT2D eigenvalue weighted by atomic mass is 19.4. The van der Waals surface area contributed by atoms with Crippen molar-refractivity contribution in [3.8, 4) is 0 Å². The van der Waals surface area contributed by atoms with Gasteiger partial charge in [0.05, 0.1) is 11.5 Å². The summed E-state index contributed by atoms with van der Waals surface area (Å²) in [6.45, 7) is -0.0420. The second-order valence-electron chi connectivity index (χ2n) is 4.85. The van der Waals surface area contributed by atoms with Gasteiger partial charge < -0.3 is 10.6 Å². The van der Waals surface area contributed by atoms with E-state index in [1.165, 1.54) is 17.0 Å². The molecular weight excluding hydrogens is 276 g/mol. The highest BCUT2D eigenvalue weighted by Gasteiger charge is 2.41. The zero-order chi connectivity index (χ0) is 14.9. The molecule has 0 bridgehead atoms. The molecule has 3 nitrogen and oxygen atoms in total. The lowest BCUT2D eigenvalue weighted by atomic mass is 9.96. The Morgan fingerprint density at radius 1 is 1.25 bits per heavy atom. The van der Waals surface area contributed by atoms with Crippen molar-refractivity contribution >= 4 is 11.6 Å². The van der Waals surface area contributed by atoms with Gasteiger partial charge in [0.15, 0.2) is 0 Å². The van der Waals surface area contributed by atoms with Gasteiger partial charge in [-0.3, -0.25) is 4.79 Å². The molecule has 2 rings (SSSR count). The molecule has 20 heavy (non-hydrogen) atoms. The molecule has 0 radical (unpaired) electrons. The summed E-state index contributed by atoms with van der Waals surface area (Å²) in [5.41, 5.74) is 5.41. The topological polar surface area (TPSA) is 46.3 Å². The quantitative estimate of drug-likeness (QED) is 0.638. The fourth-order valence-corrected chi connectivity index (χ4v) is 2.29. The molecule has 110 valence electrons. The molecule has 1 aromatic carbocycles. The van der Waals surface area contributed by atoms with Crippen LogP contribution in [0.15, 0.2) is 18.2 Å². The summed E-state index contributed by atoms with van der Waals surface area (Å²) >= 11 is 0. The number of carbonyl (C=O) groups is 1. The van der Waals surface area contributed by atoms with Crippen molar-refractivity contribution in [2.45, 2.75) is 19.0 Å². The number of halogens is 4. The molecule has 1 fully saturated rings. The molecule has 0 saturated carbocycles. The maximum atomic E-state index is 13.6. The first-order chi connectivity index (χ1) is 9.29. The zero-order valence-corrected chi connectivity index (χ0v) is 10.6. The van der Waals surface area contributed by atoms with Crippen molar-refractivity contribution < 1.29 is 22.4 Å². The first-order valence-corrected chi connectivity index (χ1v) is 6.20. The van der Waals surface area contributed by atoms with Crippen LogP contribution in [0.4, 0.5) is 23.2 Å². The Morgan fingerprint density at radius 2 is 1.85 bits per heavy atom. The summed E-state index contributed by atoms with van der Waals surface area (Å²) in [6, 6.07) is 3.66. The average molecular weight is 290 g/mol. The minimum atomic E-state index is -4.23. The number of likely N-dealkylation sites (tertiary alicyclic amines) is 1. The van der Waals surface area contributed by atoms with Crippen molar-refractivity contribution in [2.24, 2.45) is 5.92 Å². The van der Waals surface area contributed by atoms with Crippen LogP contribution >= 0.6 is 0 Å². The number of alkyl halides is 3. The van der Waals surface area contributed by atoms with Gasteiger partial charge in [-0.05, 0) is 31.0 Å². The molecule has 1 aliphatic heterocycles. The van der Waals surface area contributed by atoms with Crippen LogP contribution in [0.5, 0.6) is 0 Å². The van der Waals surface area contributed by atoms with Crippen LogP contribution in [0.25, 0.3) is 0 Å². The van der Waals surface area contributed by atoms with Crippen LogP contribution < -0.4 is 5.73 Å². The molecule has 0 aromatic heterocycles. The molecule has 1 saturated heterocycles. The largest absolute Gasteiger partial charge is 0.399 e. The van der Waals surface area contributed by atoms with E-state index < -0.39 is 23.8 Å². The number of hydrogen-bond donors (Lipinski definition) is 1. The van der Waals surface area contributed by atoms with Gasteiger partial charge in [0.1, 0.15) is 5.82 Å². The minimum absolute atomic E-state index is 0.0210. The van der Waals surface area contributed by atoms with Gasteiger partial charge in [-0.25, -0.2) is 4.39 Å². The molecule has 1 heterocycles. The first kappa shape index (κ1) is 14.6. The maximum absolute atomic E-state index is 13.6. The second-order valence-corrected chi connectivity index (χ2v) is 4.85. The van der Waals surface area contributed by atoms with E-state index >= 15 is 0 Å². The zero-order valence-electron chi connectivity index (χ0n) is 10.6. The van der Waals surface area contributed by atoms with Crippen LogP contribution in [0.2, 0.25) is 0 Å². The molecule has 1 aliphatic rings. The molecule has 0 unspecified atom stereocenters. The highest BCUT2D eigenvalue weighted by Crippen LogP contribution is 2.34. The smallest absolute Gasteiger partial charge is 0.391 e. The fraction of sp³-hybridized carbons (Fsp3) is 0.462.